The van der Waals surface area contributed by atoms with Crippen LogP contribution in [0.3, 0.4) is 0 Å². The number of halogens is 2. The molecule has 2 amide bonds. The summed E-state index contributed by atoms with van der Waals surface area (Å²) in [6.07, 6.45) is -4.82. The van der Waals surface area contributed by atoms with E-state index in [-0.39, 0.29) is 31.4 Å². The van der Waals surface area contributed by atoms with Gasteiger partial charge in [0.2, 0.25) is 5.91 Å². The highest BCUT2D eigenvalue weighted by atomic mass is 19.3. The number of carboxylic acid groups (broad SMARTS) is 1. The molecule has 0 saturated carbocycles. The summed E-state index contributed by atoms with van der Waals surface area (Å²) in [5, 5.41) is 13.2. The van der Waals surface area contributed by atoms with Crippen molar-refractivity contribution in [1.82, 2.24) is 10.6 Å². The predicted molar refractivity (Wildman–Crippen MR) is 117 cm³/mol. The Morgan fingerprint density at radius 3 is 2.12 bits per heavy atom. The first-order valence-electron chi connectivity index (χ1n) is 10.6. The Hall–Kier alpha value is -3.49. The second-order valence-corrected chi connectivity index (χ2v) is 8.12. The number of aliphatic carboxylic acids is 1. The topological polar surface area (TPSA) is 105 Å². The molecule has 0 radical (unpaired) electrons. The number of amides is 2. The predicted octanol–water partition coefficient (Wildman–Crippen LogP) is 3.78. The van der Waals surface area contributed by atoms with Crippen LogP contribution in [0.2, 0.25) is 0 Å². The summed E-state index contributed by atoms with van der Waals surface area (Å²) in [6.45, 7) is 1.62. The van der Waals surface area contributed by atoms with Crippen molar-refractivity contribution in [2.24, 2.45) is 5.92 Å². The average Bonchev–Trinajstić information content (AvgIpc) is 3.09. The zero-order valence-electron chi connectivity index (χ0n) is 18.1. The number of carbonyl (C=O) groups is 3. The van der Waals surface area contributed by atoms with Crippen molar-refractivity contribution in [2.75, 3.05) is 13.2 Å². The summed E-state index contributed by atoms with van der Waals surface area (Å²) in [5.41, 5.74) is 4.07. The molecule has 1 aliphatic carbocycles. The average molecular weight is 460 g/mol. The van der Waals surface area contributed by atoms with Gasteiger partial charge in [-0.25, -0.2) is 13.6 Å². The maximum atomic E-state index is 13.4. The van der Waals surface area contributed by atoms with E-state index in [9.17, 15) is 23.2 Å². The van der Waals surface area contributed by atoms with Crippen LogP contribution in [-0.4, -0.2) is 48.7 Å². The second-order valence-electron chi connectivity index (χ2n) is 8.12. The highest BCUT2D eigenvalue weighted by Gasteiger charge is 2.30. The molecule has 0 bridgehead atoms. The lowest BCUT2D eigenvalue weighted by atomic mass is 9.98. The molecule has 0 spiro atoms. The van der Waals surface area contributed by atoms with Crippen molar-refractivity contribution in [3.8, 4) is 11.1 Å². The molecular weight excluding hydrogens is 434 g/mol. The number of carboxylic acids is 1. The lowest BCUT2D eigenvalue weighted by molar-refractivity contribution is -0.138. The third kappa shape index (κ3) is 6.27. The van der Waals surface area contributed by atoms with Crippen LogP contribution < -0.4 is 10.6 Å². The van der Waals surface area contributed by atoms with E-state index in [0.29, 0.717) is 0 Å². The number of fused-ring (bicyclic) bond motifs is 3. The number of hydrogen-bond donors (Lipinski definition) is 3. The Morgan fingerprint density at radius 2 is 1.58 bits per heavy atom. The van der Waals surface area contributed by atoms with Crippen LogP contribution in [0.5, 0.6) is 0 Å². The first-order valence-corrected chi connectivity index (χ1v) is 10.6. The molecular formula is C24H26F2N2O5. The van der Waals surface area contributed by atoms with Crippen LogP contribution in [0, 0.1) is 5.92 Å². The smallest absolute Gasteiger partial charge is 0.407 e. The summed E-state index contributed by atoms with van der Waals surface area (Å²) < 4.78 is 32.1. The van der Waals surface area contributed by atoms with Gasteiger partial charge >= 0.3 is 12.1 Å². The molecule has 0 aromatic heterocycles. The quantitative estimate of drug-likeness (QED) is 0.501. The zero-order chi connectivity index (χ0) is 24.0. The van der Waals surface area contributed by atoms with Gasteiger partial charge in [-0.05, 0) is 28.2 Å². The van der Waals surface area contributed by atoms with Crippen LogP contribution in [0.1, 0.15) is 36.8 Å². The van der Waals surface area contributed by atoms with E-state index in [1.54, 1.807) is 6.92 Å². The van der Waals surface area contributed by atoms with Gasteiger partial charge in [0.15, 0.2) is 0 Å². The highest BCUT2D eigenvalue weighted by molar-refractivity contribution is 5.79. The minimum atomic E-state index is -2.98. The zero-order valence-corrected chi connectivity index (χ0v) is 18.1. The Balaban J connectivity index is 1.54. The lowest BCUT2D eigenvalue weighted by Gasteiger charge is -2.19. The van der Waals surface area contributed by atoms with Gasteiger partial charge in [0.25, 0.3) is 6.43 Å². The number of carbonyl (C=O) groups excluding carboxylic acids is 2. The third-order valence-electron chi connectivity index (χ3n) is 5.53. The maximum Gasteiger partial charge on any atom is 0.407 e. The summed E-state index contributed by atoms with van der Waals surface area (Å²) in [7, 11) is 0. The lowest BCUT2D eigenvalue weighted by Crippen LogP contribution is -2.44. The largest absolute Gasteiger partial charge is 0.481 e. The Bertz CT molecular complexity index is 968. The van der Waals surface area contributed by atoms with Gasteiger partial charge < -0.3 is 20.5 Å². The summed E-state index contributed by atoms with van der Waals surface area (Å²) in [6, 6.07) is 13.8. The number of rotatable bonds is 10. The number of alkyl carbamates (subject to hydrolysis) is 1. The molecule has 9 heteroatoms. The Morgan fingerprint density at radius 1 is 1.00 bits per heavy atom. The van der Waals surface area contributed by atoms with Crippen molar-refractivity contribution in [1.29, 1.82) is 0 Å². The van der Waals surface area contributed by atoms with Crippen molar-refractivity contribution in [2.45, 2.75) is 38.2 Å². The minimum Gasteiger partial charge on any atom is -0.481 e. The van der Waals surface area contributed by atoms with Gasteiger partial charge in [0.1, 0.15) is 12.6 Å². The number of hydrogen-bond acceptors (Lipinski definition) is 4. The van der Waals surface area contributed by atoms with Crippen LogP contribution in [0.4, 0.5) is 13.6 Å². The fourth-order valence-corrected chi connectivity index (χ4v) is 3.92. The fourth-order valence-electron chi connectivity index (χ4n) is 3.92. The number of benzene rings is 2. The summed E-state index contributed by atoms with van der Waals surface area (Å²) >= 11 is 0. The van der Waals surface area contributed by atoms with Crippen LogP contribution in [0.15, 0.2) is 48.5 Å². The number of alkyl halides is 2. The molecule has 0 aliphatic heterocycles. The van der Waals surface area contributed by atoms with Gasteiger partial charge in [-0.3, -0.25) is 9.59 Å². The molecule has 7 nitrogen and oxygen atoms in total. The summed E-state index contributed by atoms with van der Waals surface area (Å²) in [5.74, 6) is -2.30. The van der Waals surface area contributed by atoms with Gasteiger partial charge in [-0.1, -0.05) is 55.5 Å². The van der Waals surface area contributed by atoms with Gasteiger partial charge in [-0.2, -0.15) is 0 Å². The molecule has 0 heterocycles. The van der Waals surface area contributed by atoms with E-state index >= 15 is 0 Å². The first-order chi connectivity index (χ1) is 15.8. The highest BCUT2D eigenvalue weighted by Crippen LogP contribution is 2.44. The molecule has 3 rings (SSSR count). The molecule has 0 saturated heterocycles. The SMILES string of the molecule is CC(CNC(=O)CC(NC(=O)OCC1c2ccccc2-c2ccccc21)C(F)F)CC(=O)O. The van der Waals surface area contributed by atoms with E-state index in [4.69, 9.17) is 9.84 Å². The van der Waals surface area contributed by atoms with Crippen molar-refractivity contribution >= 4 is 18.0 Å². The van der Waals surface area contributed by atoms with Crippen LogP contribution in [0.25, 0.3) is 11.1 Å². The van der Waals surface area contributed by atoms with Gasteiger partial charge in [0, 0.05) is 18.9 Å². The molecule has 2 aromatic rings. The minimum absolute atomic E-state index is 0.0330. The molecule has 0 fully saturated rings. The standard InChI is InChI=1S/C24H26F2N2O5/c1-14(10-22(30)31)12-27-21(29)11-20(23(25)26)28-24(32)33-13-19-17-8-4-2-6-15(17)16-7-3-5-9-18(16)19/h2-9,14,19-20,23H,10-13H2,1H3,(H,27,29)(H,28,32)(H,30,31). The third-order valence-corrected chi connectivity index (χ3v) is 5.53. The van der Waals surface area contributed by atoms with E-state index in [1.807, 2.05) is 48.5 Å². The molecule has 176 valence electrons. The van der Waals surface area contributed by atoms with E-state index in [1.165, 1.54) is 0 Å². The summed E-state index contributed by atoms with van der Waals surface area (Å²) in [4.78, 5) is 34.9. The molecule has 2 atom stereocenters. The van der Waals surface area contributed by atoms with E-state index < -0.39 is 36.9 Å². The normalized spacial score (nSPS) is 14.2. The molecule has 3 N–H and O–H groups in total. The Kier molecular flexibility index (Phi) is 7.97. The molecule has 1 aliphatic rings. The monoisotopic (exact) mass is 460 g/mol. The van der Waals surface area contributed by atoms with Crippen molar-refractivity contribution < 1.29 is 33.0 Å². The van der Waals surface area contributed by atoms with Crippen molar-refractivity contribution in [3.05, 3.63) is 59.7 Å². The molecule has 2 aromatic carbocycles. The Labute approximate surface area is 190 Å². The molecule has 33 heavy (non-hydrogen) atoms. The van der Waals surface area contributed by atoms with E-state index in [2.05, 4.69) is 10.6 Å². The van der Waals surface area contributed by atoms with Gasteiger partial charge in [0.05, 0.1) is 6.42 Å². The molecule has 2 unspecified atom stereocenters. The van der Waals surface area contributed by atoms with Crippen LogP contribution in [-0.2, 0) is 14.3 Å². The van der Waals surface area contributed by atoms with Gasteiger partial charge in [-0.15, -0.1) is 0 Å². The number of ether oxygens (including phenoxy) is 1. The fraction of sp³-hybridized carbons (Fsp3) is 0.375. The maximum absolute atomic E-state index is 13.4. The number of nitrogens with one attached hydrogen (secondary N) is 2. The van der Waals surface area contributed by atoms with E-state index in [0.717, 1.165) is 22.3 Å². The second kappa shape index (κ2) is 10.9. The first kappa shape index (κ1) is 24.2. The van der Waals surface area contributed by atoms with Crippen LogP contribution >= 0.6 is 0 Å². The van der Waals surface area contributed by atoms with Crippen molar-refractivity contribution in [3.63, 3.8) is 0 Å².